The van der Waals surface area contributed by atoms with E-state index >= 15 is 0 Å². The van der Waals surface area contributed by atoms with Gasteiger partial charge in [0, 0.05) is 12.1 Å². The van der Waals surface area contributed by atoms with E-state index in [0.29, 0.717) is 10.9 Å². The smallest absolute Gasteiger partial charge is 0.277 e. The summed E-state index contributed by atoms with van der Waals surface area (Å²) in [6.07, 6.45) is 0.154. The Labute approximate surface area is 132 Å². The molecule has 2 aromatic carbocycles. The fourth-order valence-electron chi connectivity index (χ4n) is 2.30. The Bertz CT molecular complexity index is 918. The van der Waals surface area contributed by atoms with E-state index in [0.717, 1.165) is 11.3 Å². The molecule has 6 heteroatoms. The molecule has 3 aromatic rings. The number of nitrogens with zero attached hydrogens (tertiary/aromatic N) is 3. The van der Waals surface area contributed by atoms with Gasteiger partial charge in [0.15, 0.2) is 0 Å². The Hall–Kier alpha value is -3.02. The molecule has 0 atom stereocenters. The maximum absolute atomic E-state index is 12.3. The zero-order valence-corrected chi connectivity index (χ0v) is 12.7. The molecule has 3 rings (SSSR count). The number of carbonyl (C=O) groups excluding carboxylic acids is 1. The summed E-state index contributed by atoms with van der Waals surface area (Å²) in [6, 6.07) is 14.6. The lowest BCUT2D eigenvalue weighted by Crippen LogP contribution is -2.26. The molecule has 0 aliphatic heterocycles. The Morgan fingerprint density at radius 2 is 1.87 bits per heavy atom. The van der Waals surface area contributed by atoms with E-state index in [1.54, 1.807) is 24.3 Å². The Kier molecular flexibility index (Phi) is 4.14. The minimum atomic E-state index is -0.237. The summed E-state index contributed by atoms with van der Waals surface area (Å²) >= 11 is 0. The zero-order valence-electron chi connectivity index (χ0n) is 12.7. The molecular formula is C17H16N4O2. The number of anilines is 1. The molecule has 0 bridgehead atoms. The molecule has 23 heavy (non-hydrogen) atoms. The molecule has 0 saturated heterocycles. The van der Waals surface area contributed by atoms with Crippen molar-refractivity contribution < 1.29 is 4.79 Å². The number of rotatable bonds is 4. The van der Waals surface area contributed by atoms with E-state index in [-0.39, 0.29) is 24.4 Å². The van der Waals surface area contributed by atoms with Gasteiger partial charge in [-0.1, -0.05) is 35.5 Å². The van der Waals surface area contributed by atoms with Crippen molar-refractivity contribution in [2.45, 2.75) is 19.9 Å². The van der Waals surface area contributed by atoms with Crippen molar-refractivity contribution in [3.05, 3.63) is 64.4 Å². The van der Waals surface area contributed by atoms with E-state index < -0.39 is 0 Å². The van der Waals surface area contributed by atoms with Crippen LogP contribution in [0.15, 0.2) is 53.3 Å². The molecule has 0 spiro atoms. The van der Waals surface area contributed by atoms with Crippen molar-refractivity contribution in [3.63, 3.8) is 0 Å². The predicted octanol–water partition coefficient (Wildman–Crippen LogP) is 2.13. The van der Waals surface area contributed by atoms with Crippen LogP contribution in [0, 0.1) is 6.92 Å². The third-order valence-electron chi connectivity index (χ3n) is 3.60. The van der Waals surface area contributed by atoms with Gasteiger partial charge < -0.3 is 5.32 Å². The molecule has 0 unspecified atom stereocenters. The van der Waals surface area contributed by atoms with Crippen LogP contribution in [0.2, 0.25) is 0 Å². The molecular weight excluding hydrogens is 292 g/mol. The van der Waals surface area contributed by atoms with Gasteiger partial charge in [-0.3, -0.25) is 9.59 Å². The van der Waals surface area contributed by atoms with Gasteiger partial charge in [0.25, 0.3) is 5.56 Å². The van der Waals surface area contributed by atoms with Crippen LogP contribution in [0.1, 0.15) is 12.0 Å². The standard InChI is InChI=1S/C17H16N4O2/c1-12-6-2-4-8-14(12)18-16(22)10-11-21-17(23)13-7-3-5-9-15(13)19-20-21/h2-9H,10-11H2,1H3,(H,18,22). The van der Waals surface area contributed by atoms with Gasteiger partial charge in [-0.2, -0.15) is 0 Å². The summed E-state index contributed by atoms with van der Waals surface area (Å²) in [5.74, 6) is -0.166. The van der Waals surface area contributed by atoms with Crippen LogP contribution in [0.25, 0.3) is 10.9 Å². The molecule has 116 valence electrons. The largest absolute Gasteiger partial charge is 0.326 e. The maximum atomic E-state index is 12.3. The van der Waals surface area contributed by atoms with Crippen LogP contribution in [0.5, 0.6) is 0 Å². The maximum Gasteiger partial charge on any atom is 0.277 e. The first kappa shape index (κ1) is 14.9. The molecule has 1 N–H and O–H groups in total. The zero-order chi connectivity index (χ0) is 16.2. The van der Waals surface area contributed by atoms with E-state index in [4.69, 9.17) is 0 Å². The highest BCUT2D eigenvalue weighted by atomic mass is 16.2. The van der Waals surface area contributed by atoms with Crippen LogP contribution < -0.4 is 10.9 Å². The number of aromatic nitrogens is 3. The molecule has 0 radical (unpaired) electrons. The molecule has 0 fully saturated rings. The summed E-state index contributed by atoms with van der Waals surface area (Å²) in [7, 11) is 0. The summed E-state index contributed by atoms with van der Waals surface area (Å²) in [5.41, 5.74) is 2.08. The first-order valence-corrected chi connectivity index (χ1v) is 7.33. The number of para-hydroxylation sites is 1. The van der Waals surface area contributed by atoms with E-state index in [2.05, 4.69) is 15.6 Å². The Morgan fingerprint density at radius 3 is 2.70 bits per heavy atom. The summed E-state index contributed by atoms with van der Waals surface area (Å²) in [5, 5.41) is 11.2. The lowest BCUT2D eigenvalue weighted by Gasteiger charge is -2.08. The number of amides is 1. The van der Waals surface area contributed by atoms with Crippen molar-refractivity contribution in [3.8, 4) is 0 Å². The van der Waals surface area contributed by atoms with Crippen molar-refractivity contribution in [1.29, 1.82) is 0 Å². The average molecular weight is 308 g/mol. The van der Waals surface area contributed by atoms with Crippen molar-refractivity contribution in [2.75, 3.05) is 5.32 Å². The Balaban J connectivity index is 1.71. The van der Waals surface area contributed by atoms with E-state index in [1.165, 1.54) is 4.68 Å². The second kappa shape index (κ2) is 6.39. The van der Waals surface area contributed by atoms with Crippen LogP contribution in [-0.2, 0) is 11.3 Å². The molecule has 1 aromatic heterocycles. The normalized spacial score (nSPS) is 10.7. The number of nitrogens with one attached hydrogen (secondary N) is 1. The predicted molar refractivity (Wildman–Crippen MR) is 88.2 cm³/mol. The minimum Gasteiger partial charge on any atom is -0.326 e. The molecule has 6 nitrogen and oxygen atoms in total. The first-order chi connectivity index (χ1) is 11.1. The third kappa shape index (κ3) is 3.26. The number of aryl methyl sites for hydroxylation is 2. The SMILES string of the molecule is Cc1ccccc1NC(=O)CCn1nnc2ccccc2c1=O. The second-order valence-electron chi connectivity index (χ2n) is 5.25. The van der Waals surface area contributed by atoms with Gasteiger partial charge in [-0.25, -0.2) is 4.68 Å². The monoisotopic (exact) mass is 308 g/mol. The highest BCUT2D eigenvalue weighted by Gasteiger charge is 2.08. The number of benzene rings is 2. The molecule has 0 saturated carbocycles. The number of hydrogen-bond donors (Lipinski definition) is 1. The number of hydrogen-bond acceptors (Lipinski definition) is 4. The van der Waals surface area contributed by atoms with Gasteiger partial charge in [-0.05, 0) is 30.7 Å². The van der Waals surface area contributed by atoms with Crippen molar-refractivity contribution in [2.24, 2.45) is 0 Å². The quantitative estimate of drug-likeness (QED) is 0.801. The summed E-state index contributed by atoms with van der Waals surface area (Å²) in [6.45, 7) is 2.11. The number of fused-ring (bicyclic) bond motifs is 1. The van der Waals surface area contributed by atoms with Crippen molar-refractivity contribution in [1.82, 2.24) is 15.0 Å². The van der Waals surface area contributed by atoms with E-state index in [9.17, 15) is 9.59 Å². The van der Waals surface area contributed by atoms with Gasteiger partial charge in [0.1, 0.15) is 5.52 Å². The van der Waals surface area contributed by atoms with Gasteiger partial charge in [0.2, 0.25) is 5.91 Å². The summed E-state index contributed by atoms with van der Waals surface area (Å²) < 4.78 is 1.22. The Morgan fingerprint density at radius 1 is 1.13 bits per heavy atom. The fourth-order valence-corrected chi connectivity index (χ4v) is 2.30. The third-order valence-corrected chi connectivity index (χ3v) is 3.60. The lowest BCUT2D eigenvalue weighted by atomic mass is 10.2. The fraction of sp³-hybridized carbons (Fsp3) is 0.176. The number of carbonyl (C=O) groups is 1. The molecule has 1 heterocycles. The van der Waals surface area contributed by atoms with Crippen LogP contribution in [-0.4, -0.2) is 20.9 Å². The van der Waals surface area contributed by atoms with Crippen LogP contribution in [0.4, 0.5) is 5.69 Å². The van der Waals surface area contributed by atoms with Crippen LogP contribution in [0.3, 0.4) is 0 Å². The highest BCUT2D eigenvalue weighted by Crippen LogP contribution is 2.13. The first-order valence-electron chi connectivity index (χ1n) is 7.33. The van der Waals surface area contributed by atoms with Crippen molar-refractivity contribution >= 4 is 22.5 Å². The molecule has 0 aliphatic carbocycles. The lowest BCUT2D eigenvalue weighted by molar-refractivity contribution is -0.116. The van der Waals surface area contributed by atoms with Gasteiger partial charge in [-0.15, -0.1) is 5.10 Å². The van der Waals surface area contributed by atoms with Gasteiger partial charge in [0.05, 0.1) is 11.9 Å². The highest BCUT2D eigenvalue weighted by molar-refractivity contribution is 5.91. The minimum absolute atomic E-state index is 0.154. The second-order valence-corrected chi connectivity index (χ2v) is 5.25. The summed E-state index contributed by atoms with van der Waals surface area (Å²) in [4.78, 5) is 24.3. The molecule has 0 aliphatic rings. The average Bonchev–Trinajstić information content (AvgIpc) is 2.57. The topological polar surface area (TPSA) is 76.9 Å². The molecule has 1 amide bonds. The van der Waals surface area contributed by atoms with Crippen LogP contribution >= 0.6 is 0 Å². The van der Waals surface area contributed by atoms with E-state index in [1.807, 2.05) is 31.2 Å². The van der Waals surface area contributed by atoms with Gasteiger partial charge >= 0.3 is 0 Å².